The van der Waals surface area contributed by atoms with Crippen LogP contribution < -0.4 is 10.6 Å². The van der Waals surface area contributed by atoms with Crippen LogP contribution in [0.4, 0.5) is 5.69 Å². The van der Waals surface area contributed by atoms with Gasteiger partial charge in [0.2, 0.25) is 0 Å². The number of carbonyl (C=O) groups is 2. The number of ether oxygens (including phenoxy) is 1. The molecule has 6 heteroatoms. The molecular formula is C20H23ClN2O3. The molecule has 2 aromatic carbocycles. The molecule has 1 aliphatic heterocycles. The lowest BCUT2D eigenvalue weighted by Crippen LogP contribution is -2.43. The van der Waals surface area contributed by atoms with Crippen molar-refractivity contribution in [2.24, 2.45) is 0 Å². The summed E-state index contributed by atoms with van der Waals surface area (Å²) in [4.78, 5) is 24.9. The summed E-state index contributed by atoms with van der Waals surface area (Å²) in [6, 6.07) is 14.5. The predicted molar refractivity (Wildman–Crippen MR) is 104 cm³/mol. The van der Waals surface area contributed by atoms with Crippen LogP contribution in [-0.4, -0.2) is 31.6 Å². The first-order chi connectivity index (χ1) is 12.2. The number of benzene rings is 2. The molecule has 0 aromatic heterocycles. The monoisotopic (exact) mass is 374 g/mol. The molecule has 0 spiro atoms. The first-order valence-electron chi connectivity index (χ1n) is 8.47. The minimum absolute atomic E-state index is 0. The molecule has 2 N–H and O–H groups in total. The van der Waals surface area contributed by atoms with Crippen LogP contribution in [0.15, 0.2) is 48.5 Å². The summed E-state index contributed by atoms with van der Waals surface area (Å²) >= 11 is 0. The van der Waals surface area contributed by atoms with Gasteiger partial charge in [0.15, 0.2) is 0 Å². The third-order valence-corrected chi connectivity index (χ3v) is 4.41. The minimum atomic E-state index is -0.715. The first-order valence-corrected chi connectivity index (χ1v) is 8.47. The molecule has 0 saturated carbocycles. The van der Waals surface area contributed by atoms with Gasteiger partial charge in [0.1, 0.15) is 6.04 Å². The van der Waals surface area contributed by atoms with Crippen LogP contribution in [0.5, 0.6) is 0 Å². The normalized spacial score (nSPS) is 13.4. The Morgan fingerprint density at radius 1 is 1.15 bits per heavy atom. The molecule has 1 aliphatic rings. The van der Waals surface area contributed by atoms with Gasteiger partial charge in [0, 0.05) is 24.2 Å². The van der Waals surface area contributed by atoms with E-state index in [0.717, 1.165) is 36.2 Å². The number of fused-ring (bicyclic) bond motifs is 1. The average molecular weight is 375 g/mol. The van der Waals surface area contributed by atoms with Crippen molar-refractivity contribution in [3.63, 3.8) is 0 Å². The van der Waals surface area contributed by atoms with E-state index in [1.165, 1.54) is 7.11 Å². The molecule has 1 atom stereocenters. The van der Waals surface area contributed by atoms with Crippen LogP contribution in [0, 0.1) is 0 Å². The number of nitrogens with one attached hydrogen (secondary N) is 2. The number of esters is 1. The Bertz CT molecular complexity index is 765. The van der Waals surface area contributed by atoms with Gasteiger partial charge in [-0.2, -0.15) is 0 Å². The molecule has 0 saturated heterocycles. The van der Waals surface area contributed by atoms with Crippen molar-refractivity contribution in [2.75, 3.05) is 19.0 Å². The largest absolute Gasteiger partial charge is 0.467 e. The van der Waals surface area contributed by atoms with Gasteiger partial charge in [-0.05, 0) is 36.1 Å². The van der Waals surface area contributed by atoms with E-state index >= 15 is 0 Å². The predicted octanol–water partition coefficient (Wildman–Crippen LogP) is 2.98. The Hall–Kier alpha value is -2.53. The van der Waals surface area contributed by atoms with Crippen molar-refractivity contribution in [3.8, 4) is 0 Å². The number of amides is 1. The van der Waals surface area contributed by atoms with E-state index in [2.05, 4.69) is 10.6 Å². The lowest BCUT2D eigenvalue weighted by atomic mass is 9.96. The van der Waals surface area contributed by atoms with Gasteiger partial charge in [-0.3, -0.25) is 4.79 Å². The number of hydrogen-bond acceptors (Lipinski definition) is 4. The summed E-state index contributed by atoms with van der Waals surface area (Å²) in [5.41, 5.74) is 3.59. The highest BCUT2D eigenvalue weighted by molar-refractivity contribution is 5.99. The summed E-state index contributed by atoms with van der Waals surface area (Å²) in [6.45, 7) is 0.914. The van der Waals surface area contributed by atoms with Crippen molar-refractivity contribution in [3.05, 3.63) is 65.2 Å². The van der Waals surface area contributed by atoms with Crippen LogP contribution in [-0.2, 0) is 22.4 Å². The Kier molecular flexibility index (Phi) is 7.04. The van der Waals surface area contributed by atoms with Gasteiger partial charge in [0.25, 0.3) is 5.91 Å². The number of rotatable bonds is 5. The second-order valence-corrected chi connectivity index (χ2v) is 6.10. The van der Waals surface area contributed by atoms with Crippen molar-refractivity contribution < 1.29 is 14.3 Å². The molecule has 2 aromatic rings. The second kappa shape index (κ2) is 9.25. The molecule has 5 nitrogen and oxygen atoms in total. The van der Waals surface area contributed by atoms with E-state index in [0.29, 0.717) is 12.0 Å². The van der Waals surface area contributed by atoms with Gasteiger partial charge >= 0.3 is 5.97 Å². The van der Waals surface area contributed by atoms with Crippen LogP contribution in [0.1, 0.15) is 27.9 Å². The maximum absolute atomic E-state index is 12.8. The highest BCUT2D eigenvalue weighted by Gasteiger charge is 2.25. The molecule has 138 valence electrons. The van der Waals surface area contributed by atoms with E-state index in [1.807, 2.05) is 42.5 Å². The maximum Gasteiger partial charge on any atom is 0.328 e. The SMILES string of the molecule is COC(=O)C(Cc1ccccc1)NC(=O)c1cccc2c1CCCN2.Cl. The van der Waals surface area contributed by atoms with E-state index in [1.54, 1.807) is 6.07 Å². The molecule has 1 unspecified atom stereocenters. The fourth-order valence-corrected chi connectivity index (χ4v) is 3.14. The Balaban J connectivity index is 0.00000243. The number of anilines is 1. The van der Waals surface area contributed by atoms with Crippen molar-refractivity contribution >= 4 is 30.0 Å². The molecule has 0 bridgehead atoms. The van der Waals surface area contributed by atoms with Gasteiger partial charge in [-0.1, -0.05) is 36.4 Å². The van der Waals surface area contributed by atoms with Crippen molar-refractivity contribution in [1.82, 2.24) is 5.32 Å². The Morgan fingerprint density at radius 2 is 1.92 bits per heavy atom. The van der Waals surface area contributed by atoms with Crippen LogP contribution in [0.25, 0.3) is 0 Å². The van der Waals surface area contributed by atoms with Crippen LogP contribution >= 0.6 is 12.4 Å². The van der Waals surface area contributed by atoms with Crippen LogP contribution in [0.2, 0.25) is 0 Å². The maximum atomic E-state index is 12.8. The van der Waals surface area contributed by atoms with Gasteiger partial charge < -0.3 is 15.4 Å². The number of methoxy groups -OCH3 is 1. The van der Waals surface area contributed by atoms with Gasteiger partial charge in [0.05, 0.1) is 7.11 Å². The molecule has 0 aliphatic carbocycles. The zero-order chi connectivity index (χ0) is 17.6. The zero-order valence-corrected chi connectivity index (χ0v) is 15.5. The van der Waals surface area contributed by atoms with Crippen molar-refractivity contribution in [2.45, 2.75) is 25.3 Å². The smallest absolute Gasteiger partial charge is 0.328 e. The van der Waals surface area contributed by atoms with Gasteiger partial charge in [-0.25, -0.2) is 4.79 Å². The Labute approximate surface area is 159 Å². The molecule has 0 fully saturated rings. The molecule has 26 heavy (non-hydrogen) atoms. The highest BCUT2D eigenvalue weighted by Crippen LogP contribution is 2.25. The van der Waals surface area contributed by atoms with Crippen molar-refractivity contribution in [1.29, 1.82) is 0 Å². The standard InChI is InChI=1S/C20H22N2O3.ClH/c1-25-20(24)18(13-14-7-3-2-4-8-14)22-19(23)16-9-5-11-17-15(16)10-6-12-21-17;/h2-5,7-9,11,18,21H,6,10,12-13H2,1H3,(H,22,23);1H. The first kappa shape index (κ1) is 19.8. The summed E-state index contributed by atoms with van der Waals surface area (Å²) < 4.78 is 4.87. The molecule has 0 radical (unpaired) electrons. The molecule has 3 rings (SSSR count). The fourth-order valence-electron chi connectivity index (χ4n) is 3.14. The second-order valence-electron chi connectivity index (χ2n) is 6.10. The van der Waals surface area contributed by atoms with E-state index < -0.39 is 12.0 Å². The average Bonchev–Trinajstić information content (AvgIpc) is 2.67. The summed E-state index contributed by atoms with van der Waals surface area (Å²) in [5, 5.41) is 6.15. The molecule has 1 heterocycles. The van der Waals surface area contributed by atoms with E-state index in [9.17, 15) is 9.59 Å². The lowest BCUT2D eigenvalue weighted by molar-refractivity contribution is -0.142. The highest BCUT2D eigenvalue weighted by atomic mass is 35.5. The summed E-state index contributed by atoms with van der Waals surface area (Å²) in [5.74, 6) is -0.688. The summed E-state index contributed by atoms with van der Waals surface area (Å²) in [6.07, 6.45) is 2.24. The third-order valence-electron chi connectivity index (χ3n) is 4.41. The lowest BCUT2D eigenvalue weighted by Gasteiger charge is -2.22. The van der Waals surface area contributed by atoms with E-state index in [-0.39, 0.29) is 18.3 Å². The fraction of sp³-hybridized carbons (Fsp3) is 0.300. The summed E-state index contributed by atoms with van der Waals surface area (Å²) in [7, 11) is 1.33. The van der Waals surface area contributed by atoms with Crippen LogP contribution in [0.3, 0.4) is 0 Å². The molecule has 1 amide bonds. The molecular weight excluding hydrogens is 352 g/mol. The topological polar surface area (TPSA) is 67.4 Å². The van der Waals surface area contributed by atoms with E-state index in [4.69, 9.17) is 4.74 Å². The zero-order valence-electron chi connectivity index (χ0n) is 14.7. The number of halogens is 1. The quantitative estimate of drug-likeness (QED) is 0.789. The number of carbonyl (C=O) groups excluding carboxylic acids is 2. The Morgan fingerprint density at radius 3 is 2.65 bits per heavy atom. The van der Waals surface area contributed by atoms with Gasteiger partial charge in [-0.15, -0.1) is 12.4 Å². The third kappa shape index (κ3) is 4.55. The minimum Gasteiger partial charge on any atom is -0.467 e. The number of hydrogen-bond donors (Lipinski definition) is 2.